The Kier molecular flexibility index (Phi) is 4.55. The third-order valence-corrected chi connectivity index (χ3v) is 4.24. The molecule has 1 saturated carbocycles. The summed E-state index contributed by atoms with van der Waals surface area (Å²) >= 11 is 0. The van der Waals surface area contributed by atoms with E-state index in [9.17, 15) is 10.4 Å². The van der Waals surface area contributed by atoms with E-state index >= 15 is 0 Å². The third kappa shape index (κ3) is 3.13. The number of aromatic nitrogens is 1. The summed E-state index contributed by atoms with van der Waals surface area (Å²) in [6.07, 6.45) is 8.22. The van der Waals surface area contributed by atoms with E-state index in [1.807, 2.05) is 19.1 Å². The third-order valence-electron chi connectivity index (χ3n) is 4.24. The van der Waals surface area contributed by atoms with Gasteiger partial charge in [0.05, 0.1) is 17.6 Å². The molecular weight excluding hydrogens is 236 g/mol. The van der Waals surface area contributed by atoms with Crippen molar-refractivity contribution in [2.24, 2.45) is 5.41 Å². The number of hydrogen-bond acceptors (Lipinski definition) is 3. The van der Waals surface area contributed by atoms with Gasteiger partial charge in [0.1, 0.15) is 0 Å². The monoisotopic (exact) mass is 258 g/mol. The Labute approximate surface area is 115 Å². The molecule has 19 heavy (non-hydrogen) atoms. The van der Waals surface area contributed by atoms with Crippen molar-refractivity contribution in [3.8, 4) is 6.07 Å². The number of rotatable bonds is 2. The second-order valence-corrected chi connectivity index (χ2v) is 5.67. The van der Waals surface area contributed by atoms with Crippen LogP contribution >= 0.6 is 0 Å². The number of aliphatic hydroxyl groups excluding tert-OH is 1. The Morgan fingerprint density at radius 1 is 1.21 bits per heavy atom. The largest absolute Gasteiger partial charge is 0.387 e. The van der Waals surface area contributed by atoms with Gasteiger partial charge in [0.2, 0.25) is 0 Å². The topological polar surface area (TPSA) is 56.9 Å². The summed E-state index contributed by atoms with van der Waals surface area (Å²) < 4.78 is 0. The van der Waals surface area contributed by atoms with Gasteiger partial charge < -0.3 is 5.11 Å². The molecule has 1 N–H and O–H groups in total. The number of aliphatic hydroxyl groups is 1. The second-order valence-electron chi connectivity index (χ2n) is 5.67. The molecule has 2 rings (SSSR count). The highest BCUT2D eigenvalue weighted by Gasteiger charge is 2.38. The van der Waals surface area contributed by atoms with Gasteiger partial charge in [-0.05, 0) is 25.8 Å². The summed E-state index contributed by atoms with van der Waals surface area (Å²) in [4.78, 5) is 4.23. The van der Waals surface area contributed by atoms with Gasteiger partial charge in [-0.15, -0.1) is 0 Å². The molecule has 0 saturated heterocycles. The van der Waals surface area contributed by atoms with Crippen molar-refractivity contribution in [3.63, 3.8) is 0 Å². The van der Waals surface area contributed by atoms with E-state index in [0.29, 0.717) is 0 Å². The van der Waals surface area contributed by atoms with E-state index in [2.05, 4.69) is 11.1 Å². The Balaban J connectivity index is 2.23. The van der Waals surface area contributed by atoms with Crippen molar-refractivity contribution in [1.29, 1.82) is 5.26 Å². The lowest BCUT2D eigenvalue weighted by molar-refractivity contribution is 0.0432. The average Bonchev–Trinajstić information content (AvgIpc) is 2.39. The van der Waals surface area contributed by atoms with Crippen LogP contribution in [0.1, 0.15) is 62.3 Å². The summed E-state index contributed by atoms with van der Waals surface area (Å²) in [6.45, 7) is 1.92. The second kappa shape index (κ2) is 6.16. The lowest BCUT2D eigenvalue weighted by Gasteiger charge is -2.33. The summed E-state index contributed by atoms with van der Waals surface area (Å²) in [6, 6.07) is 6.21. The molecule has 1 aromatic rings. The van der Waals surface area contributed by atoms with Crippen LogP contribution in [0.4, 0.5) is 0 Å². The highest BCUT2D eigenvalue weighted by Crippen LogP contribution is 2.43. The van der Waals surface area contributed by atoms with E-state index in [4.69, 9.17) is 0 Å². The van der Waals surface area contributed by atoms with Crippen LogP contribution < -0.4 is 0 Å². The van der Waals surface area contributed by atoms with Crippen molar-refractivity contribution in [1.82, 2.24) is 4.98 Å². The number of pyridine rings is 1. The minimum atomic E-state index is -0.719. The zero-order valence-electron chi connectivity index (χ0n) is 11.6. The van der Waals surface area contributed by atoms with Crippen molar-refractivity contribution >= 4 is 0 Å². The molecule has 1 aromatic heterocycles. The lowest BCUT2D eigenvalue weighted by Crippen LogP contribution is -2.28. The van der Waals surface area contributed by atoms with Gasteiger partial charge in [-0.3, -0.25) is 4.98 Å². The molecule has 0 radical (unpaired) electrons. The molecular formula is C16H22N2O. The summed E-state index contributed by atoms with van der Waals surface area (Å²) in [5.74, 6) is 0. The van der Waals surface area contributed by atoms with E-state index in [1.54, 1.807) is 6.20 Å². The highest BCUT2D eigenvalue weighted by atomic mass is 16.3. The maximum Gasteiger partial charge on any atom is 0.0991 e. The first-order valence-electron chi connectivity index (χ1n) is 7.20. The maximum atomic E-state index is 10.6. The molecule has 3 nitrogen and oxygen atoms in total. The molecule has 3 heteroatoms. The van der Waals surface area contributed by atoms with Gasteiger partial charge in [0.15, 0.2) is 0 Å². The number of hydrogen-bond donors (Lipinski definition) is 1. The van der Waals surface area contributed by atoms with Gasteiger partial charge in [-0.2, -0.15) is 5.26 Å². The van der Waals surface area contributed by atoms with Gasteiger partial charge in [0.25, 0.3) is 0 Å². The van der Waals surface area contributed by atoms with Crippen LogP contribution in [0.5, 0.6) is 0 Å². The van der Waals surface area contributed by atoms with Gasteiger partial charge in [-0.25, -0.2) is 0 Å². The molecule has 1 fully saturated rings. The first kappa shape index (κ1) is 14.0. The fourth-order valence-electron chi connectivity index (χ4n) is 2.94. The molecule has 0 bridgehead atoms. The van der Waals surface area contributed by atoms with E-state index < -0.39 is 11.5 Å². The Morgan fingerprint density at radius 2 is 1.84 bits per heavy atom. The number of aryl methyl sites for hydroxylation is 1. The summed E-state index contributed by atoms with van der Waals surface area (Å²) in [5, 5.41) is 20.3. The molecule has 0 aliphatic heterocycles. The van der Waals surface area contributed by atoms with Crippen molar-refractivity contribution in [2.75, 3.05) is 0 Å². The van der Waals surface area contributed by atoms with Crippen molar-refractivity contribution < 1.29 is 5.11 Å². The predicted molar refractivity (Wildman–Crippen MR) is 74.3 cm³/mol. The van der Waals surface area contributed by atoms with Crippen molar-refractivity contribution in [2.45, 2.75) is 58.0 Å². The quantitative estimate of drug-likeness (QED) is 0.880. The lowest BCUT2D eigenvalue weighted by atomic mass is 9.71. The van der Waals surface area contributed by atoms with Gasteiger partial charge in [-0.1, -0.05) is 38.2 Å². The number of nitriles is 1. The normalized spacial score (nSPS) is 20.9. The van der Waals surface area contributed by atoms with Crippen LogP contribution in [0.15, 0.2) is 18.3 Å². The minimum Gasteiger partial charge on any atom is -0.387 e. The summed E-state index contributed by atoms with van der Waals surface area (Å²) in [5.41, 5.74) is 1.07. The van der Waals surface area contributed by atoms with Crippen LogP contribution in [-0.2, 0) is 0 Å². The fraction of sp³-hybridized carbons (Fsp3) is 0.625. The summed E-state index contributed by atoms with van der Waals surface area (Å²) in [7, 11) is 0. The smallest absolute Gasteiger partial charge is 0.0991 e. The molecule has 1 heterocycles. The van der Waals surface area contributed by atoms with Crippen LogP contribution in [0.3, 0.4) is 0 Å². The number of nitrogens with zero attached hydrogens (tertiary/aromatic N) is 2. The van der Waals surface area contributed by atoms with E-state index in [0.717, 1.165) is 36.9 Å². The van der Waals surface area contributed by atoms with Crippen molar-refractivity contribution in [3.05, 3.63) is 29.6 Å². The first-order chi connectivity index (χ1) is 9.18. The maximum absolute atomic E-state index is 10.6. The van der Waals surface area contributed by atoms with Crippen LogP contribution in [0, 0.1) is 23.7 Å². The molecule has 1 unspecified atom stereocenters. The molecule has 1 aliphatic carbocycles. The highest BCUT2D eigenvalue weighted by molar-refractivity contribution is 5.21. The Bertz CT molecular complexity index is 439. The van der Waals surface area contributed by atoms with Crippen LogP contribution in [-0.4, -0.2) is 10.1 Å². The first-order valence-corrected chi connectivity index (χ1v) is 7.20. The predicted octanol–water partition coefficient (Wildman–Crippen LogP) is 3.68. The molecule has 0 spiro atoms. The minimum absolute atomic E-state index is 0.628. The average molecular weight is 258 g/mol. The molecule has 0 amide bonds. The molecule has 1 atom stereocenters. The van der Waals surface area contributed by atoms with Gasteiger partial charge >= 0.3 is 0 Å². The van der Waals surface area contributed by atoms with E-state index in [1.165, 1.54) is 19.3 Å². The molecule has 1 aliphatic rings. The zero-order valence-corrected chi connectivity index (χ0v) is 11.6. The Hall–Kier alpha value is -1.40. The van der Waals surface area contributed by atoms with E-state index in [-0.39, 0.29) is 0 Å². The van der Waals surface area contributed by atoms with Crippen LogP contribution in [0.2, 0.25) is 0 Å². The SMILES string of the molecule is Cc1ccc(C(O)C2(C#N)CCCCCCC2)cn1. The molecule has 0 aromatic carbocycles. The van der Waals surface area contributed by atoms with Crippen LogP contribution in [0.25, 0.3) is 0 Å². The fourth-order valence-corrected chi connectivity index (χ4v) is 2.94. The zero-order chi connectivity index (χ0) is 13.7. The Morgan fingerprint density at radius 3 is 2.37 bits per heavy atom. The standard InChI is InChI=1S/C16H22N2O/c1-13-7-8-14(11-18-13)15(19)16(12-17)9-5-3-2-4-6-10-16/h7-8,11,15,19H,2-6,9-10H2,1H3. The molecule has 102 valence electrons. The van der Waals surface area contributed by atoms with Gasteiger partial charge in [0, 0.05) is 17.5 Å².